The molecular weight excluding hydrogens is 314 g/mol. The second-order valence-corrected chi connectivity index (χ2v) is 6.75. The van der Waals surface area contributed by atoms with Gasteiger partial charge in [-0.25, -0.2) is 0 Å². The Morgan fingerprint density at radius 3 is 2.80 bits per heavy atom. The Morgan fingerprint density at radius 2 is 2.20 bits per heavy atom. The molecule has 0 radical (unpaired) electrons. The molecule has 2 unspecified atom stereocenters. The first-order chi connectivity index (χ1) is 9.52. The van der Waals surface area contributed by atoms with Gasteiger partial charge in [-0.3, -0.25) is 0 Å². The first-order valence-electron chi connectivity index (χ1n) is 7.47. The third-order valence-corrected chi connectivity index (χ3v) is 4.70. The third kappa shape index (κ3) is 3.54. The zero-order valence-electron chi connectivity index (χ0n) is 13.0. The highest BCUT2D eigenvalue weighted by Crippen LogP contribution is 2.32. The smallest absolute Gasteiger partial charge is 0.0426 e. The highest BCUT2D eigenvalue weighted by atomic mass is 79.9. The lowest BCUT2D eigenvalue weighted by Gasteiger charge is -2.26. The zero-order valence-corrected chi connectivity index (χ0v) is 14.6. The second-order valence-electron chi connectivity index (χ2n) is 5.83. The largest absolute Gasteiger partial charge is 0.370 e. The molecule has 1 aliphatic heterocycles. The van der Waals surface area contributed by atoms with Crippen molar-refractivity contribution in [2.75, 3.05) is 38.6 Å². The number of rotatable bonds is 5. The van der Waals surface area contributed by atoms with Crippen molar-refractivity contribution in [2.24, 2.45) is 0 Å². The fourth-order valence-corrected chi connectivity index (χ4v) is 3.30. The highest BCUT2D eigenvalue weighted by molar-refractivity contribution is 9.10. The molecule has 112 valence electrons. The minimum absolute atomic E-state index is 0.390. The van der Waals surface area contributed by atoms with Crippen molar-refractivity contribution < 1.29 is 0 Å². The van der Waals surface area contributed by atoms with Gasteiger partial charge in [0.2, 0.25) is 0 Å². The number of halogens is 1. The van der Waals surface area contributed by atoms with E-state index in [9.17, 15) is 0 Å². The summed E-state index contributed by atoms with van der Waals surface area (Å²) in [7, 11) is 4.36. The molecule has 20 heavy (non-hydrogen) atoms. The van der Waals surface area contributed by atoms with Crippen LogP contribution >= 0.6 is 15.9 Å². The van der Waals surface area contributed by atoms with E-state index in [1.807, 2.05) is 0 Å². The van der Waals surface area contributed by atoms with Crippen molar-refractivity contribution >= 4 is 21.6 Å². The molecule has 0 amide bonds. The van der Waals surface area contributed by atoms with Crippen LogP contribution in [0.4, 0.5) is 5.69 Å². The van der Waals surface area contributed by atoms with Gasteiger partial charge in [0.1, 0.15) is 0 Å². The van der Waals surface area contributed by atoms with Crippen molar-refractivity contribution in [3.05, 3.63) is 28.2 Å². The summed E-state index contributed by atoms with van der Waals surface area (Å²) < 4.78 is 1.16. The van der Waals surface area contributed by atoms with Crippen LogP contribution in [-0.4, -0.2) is 44.7 Å². The standard InChI is InChI=1S/C16H26BrN3/c1-5-18-12(2)15-7-6-13(17)10-16(15)20-9-8-14(11-20)19(3)4/h6-7,10,12,14,18H,5,8-9,11H2,1-4H3. The zero-order chi connectivity index (χ0) is 14.7. The van der Waals surface area contributed by atoms with Crippen molar-refractivity contribution in [1.29, 1.82) is 0 Å². The number of nitrogens with zero attached hydrogens (tertiary/aromatic N) is 2. The molecule has 2 atom stereocenters. The van der Waals surface area contributed by atoms with Crippen LogP contribution in [0.3, 0.4) is 0 Å². The maximum absolute atomic E-state index is 3.62. The fourth-order valence-electron chi connectivity index (χ4n) is 2.96. The van der Waals surface area contributed by atoms with Crippen molar-refractivity contribution in [3.8, 4) is 0 Å². The van der Waals surface area contributed by atoms with Gasteiger partial charge in [-0.2, -0.15) is 0 Å². The van der Waals surface area contributed by atoms with E-state index >= 15 is 0 Å². The SMILES string of the molecule is CCNC(C)c1ccc(Br)cc1N1CCC(N(C)C)C1. The van der Waals surface area contributed by atoms with Gasteiger partial charge >= 0.3 is 0 Å². The van der Waals surface area contributed by atoms with E-state index in [2.05, 4.69) is 77.2 Å². The van der Waals surface area contributed by atoms with E-state index in [-0.39, 0.29) is 0 Å². The van der Waals surface area contributed by atoms with E-state index < -0.39 is 0 Å². The van der Waals surface area contributed by atoms with Crippen LogP contribution in [0.15, 0.2) is 22.7 Å². The average molecular weight is 340 g/mol. The molecule has 1 aromatic carbocycles. The summed E-state index contributed by atoms with van der Waals surface area (Å²) in [5, 5.41) is 3.53. The predicted molar refractivity (Wildman–Crippen MR) is 90.5 cm³/mol. The Morgan fingerprint density at radius 1 is 1.45 bits per heavy atom. The van der Waals surface area contributed by atoms with E-state index in [4.69, 9.17) is 0 Å². The molecule has 1 aliphatic rings. The summed E-state index contributed by atoms with van der Waals surface area (Å²) in [5.74, 6) is 0. The molecule has 1 N–H and O–H groups in total. The van der Waals surface area contributed by atoms with Gasteiger partial charge in [-0.15, -0.1) is 0 Å². The third-order valence-electron chi connectivity index (χ3n) is 4.20. The van der Waals surface area contributed by atoms with Crippen molar-refractivity contribution in [2.45, 2.75) is 32.4 Å². The Balaban J connectivity index is 2.24. The summed E-state index contributed by atoms with van der Waals surface area (Å²) in [6, 6.07) is 7.71. The van der Waals surface area contributed by atoms with Crippen LogP contribution < -0.4 is 10.2 Å². The average Bonchev–Trinajstić information content (AvgIpc) is 2.88. The summed E-state index contributed by atoms with van der Waals surface area (Å²) in [6.07, 6.45) is 1.24. The molecule has 1 saturated heterocycles. The van der Waals surface area contributed by atoms with Crippen molar-refractivity contribution in [3.63, 3.8) is 0 Å². The highest BCUT2D eigenvalue weighted by Gasteiger charge is 2.26. The molecular formula is C16H26BrN3. The van der Waals surface area contributed by atoms with Crippen LogP contribution in [0.5, 0.6) is 0 Å². The number of hydrogen-bond acceptors (Lipinski definition) is 3. The van der Waals surface area contributed by atoms with Crippen molar-refractivity contribution in [1.82, 2.24) is 10.2 Å². The maximum Gasteiger partial charge on any atom is 0.0426 e. The van der Waals surface area contributed by atoms with E-state index in [1.54, 1.807) is 0 Å². The van der Waals surface area contributed by atoms with Gasteiger partial charge in [0.15, 0.2) is 0 Å². The minimum Gasteiger partial charge on any atom is -0.370 e. The molecule has 1 fully saturated rings. The first-order valence-corrected chi connectivity index (χ1v) is 8.26. The Labute approximate surface area is 131 Å². The summed E-state index contributed by atoms with van der Waals surface area (Å²) >= 11 is 3.62. The molecule has 1 heterocycles. The molecule has 0 bridgehead atoms. The molecule has 0 saturated carbocycles. The quantitative estimate of drug-likeness (QED) is 0.888. The normalized spacial score (nSPS) is 20.7. The van der Waals surface area contributed by atoms with Crippen LogP contribution in [-0.2, 0) is 0 Å². The van der Waals surface area contributed by atoms with E-state index in [1.165, 1.54) is 17.7 Å². The van der Waals surface area contributed by atoms with Gasteiger partial charge in [0.05, 0.1) is 0 Å². The number of likely N-dealkylation sites (N-methyl/N-ethyl adjacent to an activating group) is 1. The van der Waals surface area contributed by atoms with Crippen LogP contribution in [0, 0.1) is 0 Å². The lowest BCUT2D eigenvalue weighted by molar-refractivity contribution is 0.315. The van der Waals surface area contributed by atoms with Gasteiger partial charge in [-0.05, 0) is 51.7 Å². The minimum atomic E-state index is 0.390. The molecule has 4 heteroatoms. The van der Waals surface area contributed by atoms with E-state index in [0.717, 1.165) is 24.1 Å². The topological polar surface area (TPSA) is 18.5 Å². The van der Waals surface area contributed by atoms with Gasteiger partial charge < -0.3 is 15.1 Å². The van der Waals surface area contributed by atoms with Crippen LogP contribution in [0.1, 0.15) is 31.9 Å². The second kappa shape index (κ2) is 6.92. The number of benzene rings is 1. The Bertz CT molecular complexity index is 447. The number of hydrogen-bond donors (Lipinski definition) is 1. The lowest BCUT2D eigenvalue weighted by Crippen LogP contribution is -2.32. The Hall–Kier alpha value is -0.580. The fraction of sp³-hybridized carbons (Fsp3) is 0.625. The monoisotopic (exact) mass is 339 g/mol. The van der Waals surface area contributed by atoms with Gasteiger partial charge in [0, 0.05) is 35.3 Å². The van der Waals surface area contributed by atoms with Gasteiger partial charge in [0.25, 0.3) is 0 Å². The maximum atomic E-state index is 3.62. The summed E-state index contributed by atoms with van der Waals surface area (Å²) in [4.78, 5) is 4.87. The molecule has 0 aromatic heterocycles. The molecule has 1 aromatic rings. The predicted octanol–water partition coefficient (Wildman–Crippen LogP) is 3.26. The Kier molecular flexibility index (Phi) is 5.47. The molecule has 3 nitrogen and oxygen atoms in total. The number of anilines is 1. The first kappa shape index (κ1) is 15.8. The molecule has 0 aliphatic carbocycles. The summed E-state index contributed by atoms with van der Waals surface area (Å²) in [6.45, 7) is 7.67. The van der Waals surface area contributed by atoms with Gasteiger partial charge in [-0.1, -0.05) is 28.9 Å². The number of nitrogens with one attached hydrogen (secondary N) is 1. The lowest BCUT2D eigenvalue weighted by atomic mass is 10.1. The van der Waals surface area contributed by atoms with Crippen LogP contribution in [0.2, 0.25) is 0 Å². The molecule has 2 rings (SSSR count). The summed E-state index contributed by atoms with van der Waals surface area (Å²) in [5.41, 5.74) is 2.77. The van der Waals surface area contributed by atoms with Crippen LogP contribution in [0.25, 0.3) is 0 Å². The van der Waals surface area contributed by atoms with E-state index in [0.29, 0.717) is 12.1 Å². The molecule has 0 spiro atoms.